The number of anilines is 2. The van der Waals surface area contributed by atoms with E-state index in [0.717, 1.165) is 17.7 Å². The maximum atomic E-state index is 12.0. The summed E-state index contributed by atoms with van der Waals surface area (Å²) in [6, 6.07) is 11.1. The van der Waals surface area contributed by atoms with Gasteiger partial charge in [0.2, 0.25) is 0 Å². The second-order valence-electron chi connectivity index (χ2n) is 5.92. The zero-order valence-corrected chi connectivity index (χ0v) is 16.0. The van der Waals surface area contributed by atoms with Gasteiger partial charge in [0.25, 0.3) is 5.91 Å². The van der Waals surface area contributed by atoms with E-state index in [4.69, 9.17) is 19.9 Å². The predicted octanol–water partition coefficient (Wildman–Crippen LogP) is 2.32. The predicted molar refractivity (Wildman–Crippen MR) is 107 cm³/mol. The van der Waals surface area contributed by atoms with Crippen LogP contribution < -0.4 is 25.8 Å². The molecule has 7 heteroatoms. The van der Waals surface area contributed by atoms with Gasteiger partial charge in [-0.3, -0.25) is 4.79 Å². The highest BCUT2D eigenvalue weighted by atomic mass is 16.5. The highest BCUT2D eigenvalue weighted by Crippen LogP contribution is 2.28. The molecule has 0 aliphatic rings. The number of hydrogen-bond acceptors (Lipinski definition) is 6. The van der Waals surface area contributed by atoms with Gasteiger partial charge < -0.3 is 30.6 Å². The van der Waals surface area contributed by atoms with Crippen molar-refractivity contribution in [3.63, 3.8) is 0 Å². The van der Waals surface area contributed by atoms with Crippen LogP contribution in [0, 0.1) is 0 Å². The Morgan fingerprint density at radius 3 is 2.44 bits per heavy atom. The molecule has 146 valence electrons. The first-order valence-corrected chi connectivity index (χ1v) is 8.70. The number of rotatable bonds is 10. The van der Waals surface area contributed by atoms with Crippen LogP contribution in [0.15, 0.2) is 36.4 Å². The molecule has 2 aromatic carbocycles. The van der Waals surface area contributed by atoms with E-state index in [1.165, 1.54) is 0 Å². The van der Waals surface area contributed by atoms with Gasteiger partial charge in [-0.15, -0.1) is 0 Å². The fourth-order valence-corrected chi connectivity index (χ4v) is 2.61. The van der Waals surface area contributed by atoms with Crippen LogP contribution in [0.1, 0.15) is 15.9 Å². The van der Waals surface area contributed by atoms with Crippen LogP contribution >= 0.6 is 0 Å². The molecule has 2 rings (SSSR count). The molecule has 0 aromatic heterocycles. The monoisotopic (exact) mass is 373 g/mol. The van der Waals surface area contributed by atoms with Crippen LogP contribution in [0.2, 0.25) is 0 Å². The first-order chi connectivity index (χ1) is 13.1. The summed E-state index contributed by atoms with van der Waals surface area (Å²) < 4.78 is 15.5. The maximum Gasteiger partial charge on any atom is 0.251 e. The molecule has 4 N–H and O–H groups in total. The van der Waals surface area contributed by atoms with Gasteiger partial charge in [0.15, 0.2) is 11.5 Å². The zero-order valence-electron chi connectivity index (χ0n) is 16.0. The van der Waals surface area contributed by atoms with E-state index in [9.17, 15) is 4.79 Å². The third-order valence-electron chi connectivity index (χ3n) is 4.08. The number of carbonyl (C=O) groups excluding carboxylic acids is 1. The summed E-state index contributed by atoms with van der Waals surface area (Å²) in [6.07, 6.45) is 0.791. The summed E-state index contributed by atoms with van der Waals surface area (Å²) in [7, 11) is 4.82. The van der Waals surface area contributed by atoms with E-state index in [2.05, 4.69) is 10.6 Å². The van der Waals surface area contributed by atoms with Crippen molar-refractivity contribution in [2.45, 2.75) is 6.42 Å². The van der Waals surface area contributed by atoms with Crippen LogP contribution in [0.5, 0.6) is 11.5 Å². The van der Waals surface area contributed by atoms with E-state index < -0.39 is 0 Å². The Labute approximate surface area is 159 Å². The molecule has 0 aliphatic carbocycles. The molecular weight excluding hydrogens is 346 g/mol. The molecule has 0 saturated carbocycles. The van der Waals surface area contributed by atoms with Gasteiger partial charge in [-0.05, 0) is 42.3 Å². The number of methoxy groups -OCH3 is 3. The lowest BCUT2D eigenvalue weighted by Crippen LogP contribution is -2.27. The normalized spacial score (nSPS) is 10.3. The minimum absolute atomic E-state index is 0.171. The topological polar surface area (TPSA) is 94.8 Å². The molecule has 0 spiro atoms. The lowest BCUT2D eigenvalue weighted by Gasteiger charge is -2.12. The average molecular weight is 373 g/mol. The van der Waals surface area contributed by atoms with Gasteiger partial charge in [-0.25, -0.2) is 0 Å². The summed E-state index contributed by atoms with van der Waals surface area (Å²) in [6.45, 7) is 1.62. The van der Waals surface area contributed by atoms with Crippen molar-refractivity contribution < 1.29 is 19.0 Å². The molecule has 1 amide bonds. The fourth-order valence-electron chi connectivity index (χ4n) is 2.61. The number of carbonyl (C=O) groups is 1. The molecule has 0 unspecified atom stereocenters. The number of amides is 1. The molecule has 2 aromatic rings. The molecule has 0 aliphatic heterocycles. The van der Waals surface area contributed by atoms with E-state index in [1.807, 2.05) is 24.3 Å². The van der Waals surface area contributed by atoms with Crippen molar-refractivity contribution >= 4 is 17.3 Å². The number of nitrogens with one attached hydrogen (secondary N) is 2. The third kappa shape index (κ3) is 5.79. The number of ether oxygens (including phenoxy) is 3. The zero-order chi connectivity index (χ0) is 19.6. The van der Waals surface area contributed by atoms with Gasteiger partial charge in [0.05, 0.1) is 32.2 Å². The van der Waals surface area contributed by atoms with Crippen molar-refractivity contribution in [3.8, 4) is 11.5 Å². The highest BCUT2D eigenvalue weighted by Gasteiger charge is 2.08. The second-order valence-corrected chi connectivity index (χ2v) is 5.92. The molecule has 0 atom stereocenters. The SMILES string of the molecule is COCCNC(=O)c1ccc(NCCc2ccc(OC)c(OC)c2)c(N)c1. The summed E-state index contributed by atoms with van der Waals surface area (Å²) in [4.78, 5) is 12.0. The highest BCUT2D eigenvalue weighted by molar-refractivity contribution is 5.96. The number of hydrogen-bond donors (Lipinski definition) is 3. The van der Waals surface area contributed by atoms with Gasteiger partial charge in [-0.1, -0.05) is 6.07 Å². The maximum absolute atomic E-state index is 12.0. The Morgan fingerprint density at radius 1 is 1.00 bits per heavy atom. The lowest BCUT2D eigenvalue weighted by molar-refractivity contribution is 0.0937. The number of nitrogens with two attached hydrogens (primary N) is 1. The Bertz CT molecular complexity index is 765. The molecule has 0 bridgehead atoms. The molecule has 27 heavy (non-hydrogen) atoms. The molecule has 0 radical (unpaired) electrons. The lowest BCUT2D eigenvalue weighted by atomic mass is 10.1. The van der Waals surface area contributed by atoms with Gasteiger partial charge in [0, 0.05) is 25.8 Å². The average Bonchev–Trinajstić information content (AvgIpc) is 2.69. The standard InChI is InChI=1S/C20H27N3O4/c1-25-11-10-23-20(24)15-5-6-17(16(21)13-15)22-9-8-14-4-7-18(26-2)19(12-14)27-3/h4-7,12-13,22H,8-11,21H2,1-3H3,(H,23,24). The Hall–Kier alpha value is -2.93. The van der Waals surface area contributed by atoms with E-state index in [1.54, 1.807) is 33.5 Å². The van der Waals surface area contributed by atoms with Crippen LogP contribution in [-0.4, -0.2) is 46.9 Å². The number of nitrogen functional groups attached to an aromatic ring is 1. The Kier molecular flexibility index (Phi) is 7.76. The molecule has 0 heterocycles. The van der Waals surface area contributed by atoms with Crippen molar-refractivity contribution in [2.24, 2.45) is 0 Å². The first kappa shape index (κ1) is 20.4. The van der Waals surface area contributed by atoms with Crippen LogP contribution in [-0.2, 0) is 11.2 Å². The van der Waals surface area contributed by atoms with Crippen LogP contribution in [0.4, 0.5) is 11.4 Å². The van der Waals surface area contributed by atoms with Crippen LogP contribution in [0.3, 0.4) is 0 Å². The summed E-state index contributed by atoms with van der Waals surface area (Å²) in [5.74, 6) is 1.24. The quantitative estimate of drug-likeness (QED) is 0.437. The minimum Gasteiger partial charge on any atom is -0.493 e. The fraction of sp³-hybridized carbons (Fsp3) is 0.350. The van der Waals surface area contributed by atoms with Crippen LogP contribution in [0.25, 0.3) is 0 Å². The van der Waals surface area contributed by atoms with Gasteiger partial charge in [-0.2, -0.15) is 0 Å². The largest absolute Gasteiger partial charge is 0.493 e. The summed E-state index contributed by atoms with van der Waals surface area (Å²) in [5.41, 5.74) is 9.04. The summed E-state index contributed by atoms with van der Waals surface area (Å²) >= 11 is 0. The Morgan fingerprint density at radius 2 is 1.78 bits per heavy atom. The van der Waals surface area contributed by atoms with Gasteiger partial charge >= 0.3 is 0 Å². The van der Waals surface area contributed by atoms with E-state index >= 15 is 0 Å². The summed E-state index contributed by atoms with van der Waals surface area (Å²) in [5, 5.41) is 6.07. The van der Waals surface area contributed by atoms with Crippen molar-refractivity contribution in [1.82, 2.24) is 5.32 Å². The second kappa shape index (κ2) is 10.3. The van der Waals surface area contributed by atoms with E-state index in [0.29, 0.717) is 42.4 Å². The van der Waals surface area contributed by atoms with Crippen molar-refractivity contribution in [3.05, 3.63) is 47.5 Å². The van der Waals surface area contributed by atoms with E-state index in [-0.39, 0.29) is 5.91 Å². The molecule has 7 nitrogen and oxygen atoms in total. The van der Waals surface area contributed by atoms with Crippen molar-refractivity contribution in [1.29, 1.82) is 0 Å². The minimum atomic E-state index is -0.171. The number of benzene rings is 2. The first-order valence-electron chi connectivity index (χ1n) is 8.70. The molecule has 0 fully saturated rings. The van der Waals surface area contributed by atoms with Gasteiger partial charge in [0.1, 0.15) is 0 Å². The molecule has 0 saturated heterocycles. The Balaban J connectivity index is 1.91. The third-order valence-corrected chi connectivity index (χ3v) is 4.08. The van der Waals surface area contributed by atoms with Crippen molar-refractivity contribution in [2.75, 3.05) is 52.1 Å². The smallest absolute Gasteiger partial charge is 0.251 e. The molecular formula is C20H27N3O4.